The van der Waals surface area contributed by atoms with Crippen LogP contribution in [0.15, 0.2) is 24.3 Å². The normalized spacial score (nSPS) is 19.3. The van der Waals surface area contributed by atoms with E-state index in [2.05, 4.69) is 0 Å². The summed E-state index contributed by atoms with van der Waals surface area (Å²) in [5, 5.41) is 47.8. The van der Waals surface area contributed by atoms with Gasteiger partial charge in [0.15, 0.2) is 0 Å². The first-order chi connectivity index (χ1) is 9.58. The van der Waals surface area contributed by atoms with Crippen molar-refractivity contribution in [1.29, 1.82) is 0 Å². The maximum Gasteiger partial charge on any atom is 0.498 e. The molecule has 0 aromatic heterocycles. The van der Waals surface area contributed by atoms with E-state index >= 15 is 0 Å². The van der Waals surface area contributed by atoms with E-state index in [4.69, 9.17) is 9.31 Å². The Morgan fingerprint density at radius 1 is 0.857 bits per heavy atom. The summed E-state index contributed by atoms with van der Waals surface area (Å²) in [6.07, 6.45) is 0. The Morgan fingerprint density at radius 3 is 1.67 bits per heavy atom. The monoisotopic (exact) mass is 312 g/mol. The molecular weight excluding hydrogens is 295 g/mol. The molecule has 0 spiro atoms. The highest BCUT2D eigenvalue weighted by Crippen LogP contribution is 2.37. The van der Waals surface area contributed by atoms with Crippen LogP contribution in [0.5, 0.6) is 5.75 Å². The third kappa shape index (κ3) is 2.73. The van der Waals surface area contributed by atoms with Crippen LogP contribution in [0.25, 0.3) is 0 Å². The van der Waals surface area contributed by atoms with E-state index in [0.29, 0.717) is 0 Å². The molecule has 1 heterocycles. The Bertz CT molecular complexity index is 445. The predicted molar refractivity (Wildman–Crippen MR) is 75.2 cm³/mol. The fraction of sp³-hybridized carbons (Fsp3) is 0.500. The molecule has 1 aromatic rings. The average Bonchev–Trinajstić information content (AvgIpc) is 2.83. The molecule has 21 heavy (non-hydrogen) atoms. The van der Waals surface area contributed by atoms with E-state index in [1.165, 1.54) is 6.07 Å². The van der Waals surface area contributed by atoms with Crippen LogP contribution >= 0.6 is 0 Å². The summed E-state index contributed by atoms with van der Waals surface area (Å²) in [5.74, 6) is -0.0889. The second-order valence-corrected chi connectivity index (χ2v) is 4.75. The van der Waals surface area contributed by atoms with Gasteiger partial charge in [-0.15, -0.1) is 0 Å². The van der Waals surface area contributed by atoms with Crippen molar-refractivity contribution in [2.24, 2.45) is 0 Å². The number of benzene rings is 1. The molecule has 0 bridgehead atoms. The van der Waals surface area contributed by atoms with Gasteiger partial charge in [0.1, 0.15) is 17.0 Å². The number of hydrogen-bond donors (Lipinski definition) is 5. The minimum atomic E-state index is -1.66. The van der Waals surface area contributed by atoms with Gasteiger partial charge >= 0.3 is 7.12 Å². The number of para-hydroxylation sites is 1. The van der Waals surface area contributed by atoms with E-state index in [-0.39, 0.29) is 22.2 Å². The van der Waals surface area contributed by atoms with Gasteiger partial charge in [-0.3, -0.25) is 0 Å². The number of aromatic hydroxyl groups is 1. The van der Waals surface area contributed by atoms with Crippen LogP contribution in [0.3, 0.4) is 0 Å². The van der Waals surface area contributed by atoms with Gasteiger partial charge < -0.3 is 34.8 Å². The summed E-state index contributed by atoms with van der Waals surface area (Å²) in [7, 11) is -1.12. The maximum absolute atomic E-state index is 9.79. The summed E-state index contributed by atoms with van der Waals surface area (Å²) in [5.41, 5.74) is -3.05. The fourth-order valence-electron chi connectivity index (χ4n) is 2.29. The molecule has 1 saturated heterocycles. The molecule has 0 aliphatic carbocycles. The second-order valence-electron chi connectivity index (χ2n) is 4.75. The first kappa shape index (κ1) is 18.1. The van der Waals surface area contributed by atoms with Gasteiger partial charge in [0.05, 0.1) is 26.4 Å². The smallest absolute Gasteiger partial charge is 0.498 e. The minimum absolute atomic E-state index is 0. The molecule has 0 atom stereocenters. The molecule has 0 unspecified atom stereocenters. The maximum atomic E-state index is 9.79. The molecule has 0 saturated carbocycles. The van der Waals surface area contributed by atoms with Crippen molar-refractivity contribution in [2.45, 2.75) is 11.2 Å². The molecule has 2 rings (SSSR count). The van der Waals surface area contributed by atoms with E-state index in [1.54, 1.807) is 18.2 Å². The Kier molecular flexibility index (Phi) is 5.93. The van der Waals surface area contributed by atoms with Crippen LogP contribution in [-0.2, 0) is 9.31 Å². The molecule has 5 N–H and O–H groups in total. The molecule has 114 valence electrons. The SMILES string of the molecule is OCC1(CO)OB(c2ccccc2O)OC1(CO)CO.[Si]. The van der Waals surface area contributed by atoms with Crippen molar-refractivity contribution < 1.29 is 34.8 Å². The third-order valence-corrected chi connectivity index (χ3v) is 3.71. The fourth-order valence-corrected chi connectivity index (χ4v) is 2.29. The highest BCUT2D eigenvalue weighted by molar-refractivity contribution is 6.63. The van der Waals surface area contributed by atoms with Crippen LogP contribution in [0.1, 0.15) is 0 Å². The van der Waals surface area contributed by atoms with Crippen molar-refractivity contribution in [1.82, 2.24) is 0 Å². The van der Waals surface area contributed by atoms with Crippen LogP contribution < -0.4 is 5.46 Å². The highest BCUT2D eigenvalue weighted by Gasteiger charge is 2.62. The first-order valence-corrected chi connectivity index (χ1v) is 6.15. The molecule has 4 radical (unpaired) electrons. The Morgan fingerprint density at radius 2 is 1.29 bits per heavy atom. The number of aliphatic hydroxyl groups excluding tert-OH is 4. The molecular formula is C12H17BO7Si. The van der Waals surface area contributed by atoms with Crippen molar-refractivity contribution in [3.63, 3.8) is 0 Å². The average molecular weight is 312 g/mol. The number of phenols is 1. The zero-order valence-electron chi connectivity index (χ0n) is 11.3. The molecule has 1 fully saturated rings. The zero-order chi connectivity index (χ0) is 14.8. The van der Waals surface area contributed by atoms with Gasteiger partial charge in [-0.1, -0.05) is 18.2 Å². The lowest BCUT2D eigenvalue weighted by Gasteiger charge is -2.39. The molecule has 7 nitrogen and oxygen atoms in total. The van der Waals surface area contributed by atoms with Crippen molar-refractivity contribution in [3.05, 3.63) is 24.3 Å². The third-order valence-electron chi connectivity index (χ3n) is 3.71. The Balaban J connectivity index is 0.00000220. The molecule has 1 aromatic carbocycles. The molecule has 0 amide bonds. The largest absolute Gasteiger partial charge is 0.508 e. The van der Waals surface area contributed by atoms with Crippen LogP contribution in [0.4, 0.5) is 0 Å². The Hall–Kier alpha value is -0.938. The second kappa shape index (κ2) is 6.88. The van der Waals surface area contributed by atoms with E-state index < -0.39 is 44.7 Å². The van der Waals surface area contributed by atoms with Gasteiger partial charge in [-0.25, -0.2) is 0 Å². The Labute approximate surface area is 126 Å². The lowest BCUT2D eigenvalue weighted by Crippen LogP contribution is -2.61. The van der Waals surface area contributed by atoms with Crippen molar-refractivity contribution >= 4 is 23.5 Å². The topological polar surface area (TPSA) is 120 Å². The lowest BCUT2D eigenvalue weighted by atomic mass is 9.78. The minimum Gasteiger partial charge on any atom is -0.508 e. The van der Waals surface area contributed by atoms with Crippen molar-refractivity contribution in [3.8, 4) is 5.75 Å². The summed E-state index contributed by atoms with van der Waals surface area (Å²) in [6.45, 7) is -2.63. The zero-order valence-corrected chi connectivity index (χ0v) is 12.3. The number of phenolic OH excluding ortho intramolecular Hbond substituents is 1. The summed E-state index contributed by atoms with van der Waals surface area (Å²) >= 11 is 0. The van der Waals surface area contributed by atoms with Gasteiger partial charge in [-0.2, -0.15) is 0 Å². The van der Waals surface area contributed by atoms with Gasteiger partial charge in [0, 0.05) is 16.4 Å². The first-order valence-electron chi connectivity index (χ1n) is 6.15. The molecule has 9 heteroatoms. The standard InChI is InChI=1S/C12H17BO7.Si/c14-5-11(6-15)12(7-16,8-17)20-13(19-11)9-3-1-2-4-10(9)18;/h1-4,14-18H,5-8H2;. The van der Waals surface area contributed by atoms with E-state index in [9.17, 15) is 25.5 Å². The number of aliphatic hydroxyl groups is 4. The van der Waals surface area contributed by atoms with Crippen LogP contribution in [-0.4, -0.2) is 81.2 Å². The number of hydrogen-bond acceptors (Lipinski definition) is 7. The summed E-state index contributed by atoms with van der Waals surface area (Å²) < 4.78 is 11.0. The summed E-state index contributed by atoms with van der Waals surface area (Å²) in [4.78, 5) is 0. The van der Waals surface area contributed by atoms with Crippen LogP contribution in [0.2, 0.25) is 0 Å². The van der Waals surface area contributed by atoms with Crippen molar-refractivity contribution in [2.75, 3.05) is 26.4 Å². The highest BCUT2D eigenvalue weighted by atomic mass is 28.1. The van der Waals surface area contributed by atoms with Gasteiger partial charge in [0.25, 0.3) is 0 Å². The van der Waals surface area contributed by atoms with Crippen LogP contribution in [0, 0.1) is 0 Å². The number of rotatable bonds is 5. The van der Waals surface area contributed by atoms with E-state index in [1.807, 2.05) is 0 Å². The predicted octanol–water partition coefficient (Wildman–Crippen LogP) is -2.80. The van der Waals surface area contributed by atoms with Gasteiger partial charge in [0.2, 0.25) is 0 Å². The molecule has 1 aliphatic heterocycles. The van der Waals surface area contributed by atoms with E-state index in [0.717, 1.165) is 0 Å². The molecule has 1 aliphatic rings. The summed E-state index contributed by atoms with van der Waals surface area (Å²) in [6, 6.07) is 6.24. The van der Waals surface area contributed by atoms with Gasteiger partial charge in [-0.05, 0) is 6.07 Å². The quantitative estimate of drug-likeness (QED) is 0.373. The lowest BCUT2D eigenvalue weighted by molar-refractivity contribution is -0.147.